The fourth-order valence-electron chi connectivity index (χ4n) is 4.41. The van der Waals surface area contributed by atoms with Crippen molar-refractivity contribution in [3.8, 4) is 23.0 Å². The minimum atomic E-state index is -0.938. The minimum Gasteiger partial charge on any atom is -0.507 e. The van der Waals surface area contributed by atoms with Gasteiger partial charge >= 0.3 is 0 Å². The van der Waals surface area contributed by atoms with Gasteiger partial charge in [-0.15, -0.1) is 0 Å². The molecular formula is C30H31NO7. The van der Waals surface area contributed by atoms with Crippen LogP contribution in [0.2, 0.25) is 0 Å². The van der Waals surface area contributed by atoms with Crippen molar-refractivity contribution < 1.29 is 33.6 Å². The average Bonchev–Trinajstić information content (AvgIpc) is 3.21. The van der Waals surface area contributed by atoms with E-state index in [4.69, 9.17) is 18.9 Å². The number of carbonyl (C=O) groups excluding carboxylic acids is 2. The summed E-state index contributed by atoms with van der Waals surface area (Å²) in [4.78, 5) is 28.4. The maximum absolute atomic E-state index is 13.5. The van der Waals surface area contributed by atoms with Crippen LogP contribution >= 0.6 is 0 Å². The van der Waals surface area contributed by atoms with Crippen molar-refractivity contribution >= 4 is 23.1 Å². The van der Waals surface area contributed by atoms with Gasteiger partial charge in [-0.2, -0.15) is 0 Å². The monoisotopic (exact) mass is 517 g/mol. The quantitative estimate of drug-likeness (QED) is 0.215. The van der Waals surface area contributed by atoms with Crippen LogP contribution in [0.1, 0.15) is 37.4 Å². The van der Waals surface area contributed by atoms with Crippen molar-refractivity contribution in [1.82, 2.24) is 0 Å². The summed E-state index contributed by atoms with van der Waals surface area (Å²) < 4.78 is 22.3. The maximum atomic E-state index is 13.5. The number of rotatable bonds is 10. The number of ether oxygens (including phenoxy) is 4. The van der Waals surface area contributed by atoms with Gasteiger partial charge in [-0.25, -0.2) is 0 Å². The molecule has 4 rings (SSSR count). The lowest BCUT2D eigenvalue weighted by molar-refractivity contribution is -0.132. The third-order valence-corrected chi connectivity index (χ3v) is 6.16. The van der Waals surface area contributed by atoms with Crippen molar-refractivity contribution in [2.45, 2.75) is 26.3 Å². The lowest BCUT2D eigenvalue weighted by Crippen LogP contribution is -2.29. The predicted molar refractivity (Wildman–Crippen MR) is 144 cm³/mol. The number of hydrogen-bond acceptors (Lipinski definition) is 7. The molecule has 0 spiro atoms. The molecular weight excluding hydrogens is 486 g/mol. The van der Waals surface area contributed by atoms with Crippen molar-refractivity contribution in [3.63, 3.8) is 0 Å². The van der Waals surface area contributed by atoms with Crippen molar-refractivity contribution in [1.29, 1.82) is 0 Å². The zero-order valence-electron chi connectivity index (χ0n) is 21.9. The van der Waals surface area contributed by atoms with Gasteiger partial charge in [0, 0.05) is 17.3 Å². The van der Waals surface area contributed by atoms with E-state index in [1.807, 2.05) is 13.8 Å². The van der Waals surface area contributed by atoms with E-state index >= 15 is 0 Å². The van der Waals surface area contributed by atoms with E-state index in [0.717, 1.165) is 6.42 Å². The molecule has 1 N–H and O–H groups in total. The SMILES string of the molecule is CCCOc1cccc(/C(O)=C2/C(=O)C(=O)N(c3cccc(OC)c3)C2c2ccc(OC)c(OCC)c2)c1. The second-order valence-corrected chi connectivity index (χ2v) is 8.59. The van der Waals surface area contributed by atoms with Gasteiger partial charge in [0.1, 0.15) is 17.3 Å². The molecule has 1 unspecified atom stereocenters. The largest absolute Gasteiger partial charge is 0.507 e. The average molecular weight is 518 g/mol. The molecule has 8 heteroatoms. The highest BCUT2D eigenvalue weighted by Gasteiger charge is 2.47. The molecule has 0 bridgehead atoms. The number of nitrogens with zero attached hydrogens (tertiary/aromatic N) is 1. The smallest absolute Gasteiger partial charge is 0.300 e. The first-order chi connectivity index (χ1) is 18.4. The third kappa shape index (κ3) is 5.16. The molecule has 0 aromatic heterocycles. The molecule has 38 heavy (non-hydrogen) atoms. The number of benzene rings is 3. The van der Waals surface area contributed by atoms with Crippen LogP contribution in [0.5, 0.6) is 23.0 Å². The van der Waals surface area contributed by atoms with Crippen molar-refractivity contribution in [2.75, 3.05) is 32.3 Å². The molecule has 1 heterocycles. The Kier molecular flexibility index (Phi) is 8.21. The van der Waals surface area contributed by atoms with Gasteiger partial charge in [-0.3, -0.25) is 14.5 Å². The second kappa shape index (κ2) is 11.7. The minimum absolute atomic E-state index is 0.0434. The van der Waals surface area contributed by atoms with Gasteiger partial charge in [0.2, 0.25) is 0 Å². The molecule has 0 radical (unpaired) electrons. The Labute approximate surface area is 222 Å². The number of ketones is 1. The Morgan fingerprint density at radius 3 is 2.34 bits per heavy atom. The number of aliphatic hydroxyl groups excluding tert-OH is 1. The van der Waals surface area contributed by atoms with E-state index in [2.05, 4.69) is 0 Å². The number of hydrogen-bond donors (Lipinski definition) is 1. The normalized spacial score (nSPS) is 16.4. The molecule has 1 aliphatic heterocycles. The molecule has 0 saturated carbocycles. The summed E-state index contributed by atoms with van der Waals surface area (Å²) in [5.74, 6) is 0.176. The number of amides is 1. The molecule has 1 aliphatic rings. The molecule has 1 atom stereocenters. The molecule has 8 nitrogen and oxygen atoms in total. The molecule has 3 aromatic carbocycles. The third-order valence-electron chi connectivity index (χ3n) is 6.16. The predicted octanol–water partition coefficient (Wildman–Crippen LogP) is 5.52. The molecule has 1 amide bonds. The van der Waals surface area contributed by atoms with Crippen LogP contribution in [-0.4, -0.2) is 44.2 Å². The zero-order valence-corrected chi connectivity index (χ0v) is 21.9. The number of methoxy groups -OCH3 is 2. The second-order valence-electron chi connectivity index (χ2n) is 8.59. The number of anilines is 1. The molecule has 0 aliphatic carbocycles. The van der Waals surface area contributed by atoms with Gasteiger partial charge < -0.3 is 24.1 Å². The lowest BCUT2D eigenvalue weighted by atomic mass is 9.94. The van der Waals surface area contributed by atoms with E-state index < -0.39 is 17.7 Å². The van der Waals surface area contributed by atoms with E-state index in [0.29, 0.717) is 53.0 Å². The van der Waals surface area contributed by atoms with Crippen LogP contribution in [-0.2, 0) is 9.59 Å². The topological polar surface area (TPSA) is 94.5 Å². The first-order valence-corrected chi connectivity index (χ1v) is 12.4. The van der Waals surface area contributed by atoms with Crippen molar-refractivity contribution in [2.24, 2.45) is 0 Å². The van der Waals surface area contributed by atoms with E-state index in [1.165, 1.54) is 19.1 Å². The van der Waals surface area contributed by atoms with Crippen LogP contribution in [0.25, 0.3) is 5.76 Å². The summed E-state index contributed by atoms with van der Waals surface area (Å²) in [5.41, 5.74) is 1.34. The van der Waals surface area contributed by atoms with E-state index in [9.17, 15) is 14.7 Å². The Morgan fingerprint density at radius 2 is 1.63 bits per heavy atom. The van der Waals surface area contributed by atoms with E-state index in [1.54, 1.807) is 66.7 Å². The molecule has 3 aromatic rings. The Hall–Kier alpha value is -4.46. The highest BCUT2D eigenvalue weighted by molar-refractivity contribution is 6.51. The van der Waals surface area contributed by atoms with Gasteiger partial charge in [-0.1, -0.05) is 31.2 Å². The van der Waals surface area contributed by atoms with Crippen LogP contribution in [0.3, 0.4) is 0 Å². The summed E-state index contributed by atoms with van der Waals surface area (Å²) in [6.45, 7) is 4.74. The Morgan fingerprint density at radius 1 is 0.868 bits per heavy atom. The Bertz CT molecular complexity index is 1360. The number of Topliss-reactive ketones (excluding diaryl/α,β-unsaturated/α-hetero) is 1. The van der Waals surface area contributed by atoms with Gasteiger partial charge in [-0.05, 0) is 55.3 Å². The molecule has 198 valence electrons. The highest BCUT2D eigenvalue weighted by Crippen LogP contribution is 2.44. The number of aliphatic hydroxyl groups is 1. The Balaban J connectivity index is 1.93. The van der Waals surface area contributed by atoms with Gasteiger partial charge in [0.15, 0.2) is 11.5 Å². The molecule has 1 saturated heterocycles. The number of carbonyl (C=O) groups is 2. The summed E-state index contributed by atoms with van der Waals surface area (Å²) in [6.07, 6.45) is 0.821. The maximum Gasteiger partial charge on any atom is 0.300 e. The zero-order chi connectivity index (χ0) is 27.2. The summed E-state index contributed by atoms with van der Waals surface area (Å²) in [7, 11) is 3.06. The van der Waals surface area contributed by atoms with Crippen molar-refractivity contribution in [3.05, 3.63) is 83.4 Å². The fourth-order valence-corrected chi connectivity index (χ4v) is 4.41. The first kappa shape index (κ1) is 26.6. The lowest BCUT2D eigenvalue weighted by Gasteiger charge is -2.26. The highest BCUT2D eigenvalue weighted by atomic mass is 16.5. The molecule has 1 fully saturated rings. The van der Waals surface area contributed by atoms with Crippen LogP contribution in [0.4, 0.5) is 5.69 Å². The van der Waals surface area contributed by atoms with Gasteiger partial charge in [0.25, 0.3) is 11.7 Å². The summed E-state index contributed by atoms with van der Waals surface area (Å²) in [5, 5.41) is 11.5. The van der Waals surface area contributed by atoms with Crippen LogP contribution < -0.4 is 23.8 Å². The summed E-state index contributed by atoms with van der Waals surface area (Å²) >= 11 is 0. The fraction of sp³-hybridized carbons (Fsp3) is 0.267. The van der Waals surface area contributed by atoms with Crippen LogP contribution in [0.15, 0.2) is 72.3 Å². The van der Waals surface area contributed by atoms with Gasteiger partial charge in [0.05, 0.1) is 39.0 Å². The van der Waals surface area contributed by atoms with E-state index in [-0.39, 0.29) is 11.3 Å². The summed E-state index contributed by atoms with van der Waals surface area (Å²) in [6, 6.07) is 17.9. The standard InChI is InChI=1S/C30H31NO7/c1-5-15-38-23-12-7-9-20(16-23)28(32)26-27(19-13-14-24(36-4)25(17-19)37-6-2)31(30(34)29(26)33)21-10-8-11-22(18-21)35-3/h7-14,16-18,27,32H,5-6,15H2,1-4H3/b28-26-. The first-order valence-electron chi connectivity index (χ1n) is 12.4. The van der Waals surface area contributed by atoms with Crippen LogP contribution in [0, 0.1) is 0 Å².